The van der Waals surface area contributed by atoms with Gasteiger partial charge in [0.05, 0.1) is 17.7 Å². The van der Waals surface area contributed by atoms with Crippen molar-refractivity contribution < 1.29 is 18.4 Å². The largest absolute Gasteiger partial charge is 0.497 e. The number of ether oxygens (including phenoxy) is 1. The molecule has 3 rings (SSSR count). The Kier molecular flexibility index (Phi) is 5.42. The van der Waals surface area contributed by atoms with Crippen LogP contribution in [-0.4, -0.2) is 26.4 Å². The molecule has 3 aromatic carbocycles. The zero-order valence-corrected chi connectivity index (χ0v) is 15.3. The summed E-state index contributed by atoms with van der Waals surface area (Å²) in [7, 11) is -2.32. The van der Waals surface area contributed by atoms with Crippen molar-refractivity contribution in [1.29, 1.82) is 0 Å². The molecule has 0 radical (unpaired) electrons. The first kappa shape index (κ1) is 18.5. The predicted molar refractivity (Wildman–Crippen MR) is 104 cm³/mol. The highest BCUT2D eigenvalue weighted by Gasteiger charge is 2.19. The number of hydrogen-bond acceptors (Lipinski definition) is 5. The van der Waals surface area contributed by atoms with E-state index in [0.717, 1.165) is 0 Å². The molecule has 0 spiro atoms. The van der Waals surface area contributed by atoms with Crippen LogP contribution in [0.3, 0.4) is 0 Å². The van der Waals surface area contributed by atoms with E-state index in [9.17, 15) is 13.6 Å². The molecule has 0 amide bonds. The lowest BCUT2D eigenvalue weighted by molar-refractivity contribution is 0.319. The fourth-order valence-electron chi connectivity index (χ4n) is 2.60. The van der Waals surface area contributed by atoms with Crippen LogP contribution < -0.4 is 9.46 Å². The molecular formula is C20H18N2O4S. The highest BCUT2D eigenvalue weighted by atomic mass is 32.2. The number of anilines is 1. The van der Waals surface area contributed by atoms with Crippen molar-refractivity contribution >= 4 is 21.4 Å². The molecule has 0 aliphatic carbocycles. The van der Waals surface area contributed by atoms with E-state index in [0.29, 0.717) is 22.6 Å². The lowest BCUT2D eigenvalue weighted by Crippen LogP contribution is -2.16. The van der Waals surface area contributed by atoms with Gasteiger partial charge in [-0.2, -0.15) is 0 Å². The monoisotopic (exact) mass is 382 g/mol. The van der Waals surface area contributed by atoms with Gasteiger partial charge in [0, 0.05) is 11.1 Å². The van der Waals surface area contributed by atoms with Crippen LogP contribution in [0.2, 0.25) is 0 Å². The van der Waals surface area contributed by atoms with Crippen molar-refractivity contribution in [2.24, 2.45) is 5.16 Å². The zero-order chi connectivity index (χ0) is 19.3. The van der Waals surface area contributed by atoms with Gasteiger partial charge in [-0.1, -0.05) is 53.7 Å². The van der Waals surface area contributed by atoms with Gasteiger partial charge in [0.15, 0.2) is 0 Å². The highest BCUT2D eigenvalue weighted by molar-refractivity contribution is 7.92. The maximum atomic E-state index is 12.7. The van der Waals surface area contributed by atoms with Gasteiger partial charge in [0.1, 0.15) is 11.5 Å². The summed E-state index contributed by atoms with van der Waals surface area (Å²) in [6.45, 7) is 0. The number of oxime groups is 1. The fraction of sp³-hybridized carbons (Fsp3) is 0.0500. The molecular weight excluding hydrogens is 364 g/mol. The Hall–Kier alpha value is -3.32. The number of methoxy groups -OCH3 is 1. The first-order valence-corrected chi connectivity index (χ1v) is 9.57. The van der Waals surface area contributed by atoms with Crippen molar-refractivity contribution in [3.05, 3.63) is 90.0 Å². The van der Waals surface area contributed by atoms with Gasteiger partial charge in [-0.15, -0.1) is 0 Å². The van der Waals surface area contributed by atoms with Crippen LogP contribution in [-0.2, 0) is 10.0 Å². The Bertz CT molecular complexity index is 1050. The van der Waals surface area contributed by atoms with Crippen LogP contribution in [0.4, 0.5) is 5.69 Å². The summed E-state index contributed by atoms with van der Waals surface area (Å²) in [6.07, 6.45) is 0. The van der Waals surface area contributed by atoms with Gasteiger partial charge < -0.3 is 9.94 Å². The summed E-state index contributed by atoms with van der Waals surface area (Å²) in [5, 5.41) is 12.9. The molecule has 0 saturated carbocycles. The van der Waals surface area contributed by atoms with Crippen LogP contribution in [0.5, 0.6) is 5.75 Å². The van der Waals surface area contributed by atoms with E-state index in [1.165, 1.54) is 19.2 Å². The highest BCUT2D eigenvalue weighted by Crippen LogP contribution is 2.24. The Morgan fingerprint density at radius 2 is 1.56 bits per heavy atom. The van der Waals surface area contributed by atoms with Crippen molar-refractivity contribution in [3.63, 3.8) is 0 Å². The summed E-state index contributed by atoms with van der Waals surface area (Å²) < 4.78 is 33.1. The molecule has 0 bridgehead atoms. The fourth-order valence-corrected chi connectivity index (χ4v) is 3.68. The Morgan fingerprint density at radius 3 is 2.19 bits per heavy atom. The summed E-state index contributed by atoms with van der Waals surface area (Å²) in [5.74, 6) is 0.563. The minimum atomic E-state index is -3.83. The standard InChI is InChI=1S/C20H18N2O4S/c1-26-16-11-13-17(14-12-16)27(24,25)22-19-10-6-5-9-18(19)20(21-23)15-7-3-2-4-8-15/h2-14,22-23H,1H3/b21-20+. The molecule has 0 saturated heterocycles. The molecule has 0 aliphatic rings. The van der Waals surface area contributed by atoms with Gasteiger partial charge in [0.25, 0.3) is 10.0 Å². The van der Waals surface area contributed by atoms with E-state index in [-0.39, 0.29) is 10.6 Å². The topological polar surface area (TPSA) is 88.0 Å². The number of nitrogens with one attached hydrogen (secondary N) is 1. The maximum absolute atomic E-state index is 12.7. The maximum Gasteiger partial charge on any atom is 0.261 e. The number of sulfonamides is 1. The molecule has 0 atom stereocenters. The average Bonchev–Trinajstić information content (AvgIpc) is 2.70. The number of hydrogen-bond donors (Lipinski definition) is 2. The second kappa shape index (κ2) is 7.92. The van der Waals surface area contributed by atoms with E-state index < -0.39 is 10.0 Å². The molecule has 2 N–H and O–H groups in total. The van der Waals surface area contributed by atoms with Crippen LogP contribution in [0.1, 0.15) is 11.1 Å². The summed E-state index contributed by atoms with van der Waals surface area (Å²) >= 11 is 0. The summed E-state index contributed by atoms with van der Waals surface area (Å²) in [5.41, 5.74) is 1.70. The lowest BCUT2D eigenvalue weighted by atomic mass is 10.0. The van der Waals surface area contributed by atoms with Crippen molar-refractivity contribution in [3.8, 4) is 5.75 Å². The van der Waals surface area contributed by atoms with Gasteiger partial charge >= 0.3 is 0 Å². The second-order valence-corrected chi connectivity index (χ2v) is 7.32. The summed E-state index contributed by atoms with van der Waals surface area (Å²) in [6, 6.07) is 21.8. The summed E-state index contributed by atoms with van der Waals surface area (Å²) in [4.78, 5) is 0.0975. The second-order valence-electron chi connectivity index (χ2n) is 5.64. The van der Waals surface area contributed by atoms with Gasteiger partial charge in [0.2, 0.25) is 0 Å². The van der Waals surface area contributed by atoms with E-state index in [2.05, 4.69) is 9.88 Å². The zero-order valence-electron chi connectivity index (χ0n) is 14.5. The molecule has 0 aromatic heterocycles. The van der Waals surface area contributed by atoms with E-state index in [1.807, 2.05) is 18.2 Å². The van der Waals surface area contributed by atoms with Gasteiger partial charge in [-0.3, -0.25) is 4.72 Å². The van der Waals surface area contributed by atoms with Crippen LogP contribution in [0.15, 0.2) is 88.9 Å². The average molecular weight is 382 g/mol. The third-order valence-corrected chi connectivity index (χ3v) is 5.32. The number of para-hydroxylation sites is 1. The van der Waals surface area contributed by atoms with E-state index in [4.69, 9.17) is 4.74 Å². The first-order chi connectivity index (χ1) is 13.0. The van der Waals surface area contributed by atoms with Crippen molar-refractivity contribution in [2.75, 3.05) is 11.8 Å². The molecule has 27 heavy (non-hydrogen) atoms. The Labute approximate surface area is 157 Å². The number of nitrogens with zero attached hydrogens (tertiary/aromatic N) is 1. The molecule has 0 aliphatic heterocycles. The first-order valence-electron chi connectivity index (χ1n) is 8.09. The number of rotatable bonds is 6. The third kappa shape index (κ3) is 4.09. The van der Waals surface area contributed by atoms with Crippen molar-refractivity contribution in [1.82, 2.24) is 0 Å². The quantitative estimate of drug-likeness (QED) is 0.386. The van der Waals surface area contributed by atoms with Crippen LogP contribution in [0.25, 0.3) is 0 Å². The SMILES string of the molecule is COc1ccc(S(=O)(=O)Nc2ccccc2/C(=N/O)c2ccccc2)cc1. The molecule has 138 valence electrons. The minimum absolute atomic E-state index is 0.0975. The number of benzene rings is 3. The molecule has 0 fully saturated rings. The normalized spacial score (nSPS) is 11.8. The Morgan fingerprint density at radius 1 is 0.926 bits per heavy atom. The smallest absolute Gasteiger partial charge is 0.261 e. The molecule has 0 heterocycles. The minimum Gasteiger partial charge on any atom is -0.497 e. The molecule has 7 heteroatoms. The molecule has 6 nitrogen and oxygen atoms in total. The van der Waals surface area contributed by atoms with Gasteiger partial charge in [-0.05, 0) is 30.3 Å². The molecule has 3 aromatic rings. The molecule has 0 unspecified atom stereocenters. The van der Waals surface area contributed by atoms with Crippen LogP contribution in [0, 0.1) is 0 Å². The van der Waals surface area contributed by atoms with Crippen molar-refractivity contribution in [2.45, 2.75) is 4.90 Å². The van der Waals surface area contributed by atoms with E-state index in [1.54, 1.807) is 48.5 Å². The van der Waals surface area contributed by atoms with E-state index >= 15 is 0 Å². The Balaban J connectivity index is 1.98. The predicted octanol–water partition coefficient (Wildman–Crippen LogP) is 3.72. The lowest BCUT2D eigenvalue weighted by Gasteiger charge is -2.14. The van der Waals surface area contributed by atoms with Gasteiger partial charge in [-0.25, -0.2) is 8.42 Å². The van der Waals surface area contributed by atoms with Crippen LogP contribution >= 0.6 is 0 Å². The third-order valence-electron chi connectivity index (χ3n) is 3.94.